The number of hydrazone groups is 1. The van der Waals surface area contributed by atoms with Crippen LogP contribution in [0.25, 0.3) is 11.1 Å². The van der Waals surface area contributed by atoms with E-state index in [4.69, 9.17) is 11.5 Å². The van der Waals surface area contributed by atoms with Crippen molar-refractivity contribution in [1.82, 2.24) is 10.2 Å². The molecule has 5 N–H and O–H groups in total. The number of hydrogen-bond donors (Lipinski definition) is 3. The van der Waals surface area contributed by atoms with Gasteiger partial charge in [0.1, 0.15) is 11.1 Å². The first-order chi connectivity index (χ1) is 20.8. The van der Waals surface area contributed by atoms with Crippen molar-refractivity contribution in [2.45, 2.75) is 31.3 Å². The summed E-state index contributed by atoms with van der Waals surface area (Å²) in [4.78, 5) is 39.6. The summed E-state index contributed by atoms with van der Waals surface area (Å²) in [7, 11) is 0. The second kappa shape index (κ2) is 14.9. The quantitative estimate of drug-likeness (QED) is 0.0708. The Morgan fingerprint density at radius 1 is 0.791 bits per heavy atom. The van der Waals surface area contributed by atoms with Crippen molar-refractivity contribution < 1.29 is 14.6 Å². The fourth-order valence-corrected chi connectivity index (χ4v) is 4.99. The van der Waals surface area contributed by atoms with Crippen LogP contribution in [0.15, 0.2) is 120 Å². The maximum atomic E-state index is 14.5. The molecule has 0 spiro atoms. The van der Waals surface area contributed by atoms with Crippen molar-refractivity contribution in [3.05, 3.63) is 142 Å². The van der Waals surface area contributed by atoms with Gasteiger partial charge in [-0.3, -0.25) is 9.59 Å². The summed E-state index contributed by atoms with van der Waals surface area (Å²) >= 11 is 0. The molecule has 2 amide bonds. The van der Waals surface area contributed by atoms with Gasteiger partial charge in [-0.15, -0.1) is 0 Å². The van der Waals surface area contributed by atoms with Crippen molar-refractivity contribution in [3.8, 4) is 11.1 Å². The number of amides is 2. The lowest BCUT2D eigenvalue weighted by Gasteiger charge is -2.33. The lowest BCUT2D eigenvalue weighted by Crippen LogP contribution is -2.49. The number of nitrogens with zero attached hydrogens (tertiary/aromatic N) is 3. The summed E-state index contributed by atoms with van der Waals surface area (Å²) in [5, 5.41) is 15.3. The van der Waals surface area contributed by atoms with Gasteiger partial charge in [-0.05, 0) is 40.7 Å². The highest BCUT2D eigenvalue weighted by Crippen LogP contribution is 2.30. The molecule has 10 nitrogen and oxygen atoms in total. The van der Waals surface area contributed by atoms with Crippen LogP contribution in [0.5, 0.6) is 0 Å². The second-order valence-corrected chi connectivity index (χ2v) is 9.99. The monoisotopic (exact) mass is 578 g/mol. The van der Waals surface area contributed by atoms with Crippen LogP contribution in [0.2, 0.25) is 0 Å². The molecule has 0 saturated heterocycles. The number of nitrogens with one attached hydrogen (secondary N) is 1. The minimum Gasteiger partial charge on any atom is -0.368 e. The Labute approximate surface area is 250 Å². The molecule has 0 bridgehead atoms. The molecule has 0 heterocycles. The highest BCUT2D eigenvalue weighted by Gasteiger charge is 2.34. The van der Waals surface area contributed by atoms with E-state index in [0.29, 0.717) is 6.42 Å². The first kappa shape index (κ1) is 30.4. The molecule has 10 heteroatoms. The SMILES string of the molecule is NC(=O)[C@@H](CCCNC(N)=N[N+](=O)[O-])N(Cc1ccc(-c2ccccc2)cc1)C(=O)C(c1ccccc1)c1ccccc1. The summed E-state index contributed by atoms with van der Waals surface area (Å²) in [6.07, 6.45) is 0.553. The average Bonchev–Trinajstić information content (AvgIpc) is 3.01. The van der Waals surface area contributed by atoms with Gasteiger partial charge in [-0.2, -0.15) is 0 Å². The molecule has 0 aliphatic rings. The normalized spacial score (nSPS) is 12.0. The summed E-state index contributed by atoms with van der Waals surface area (Å²) in [6, 6.07) is 35.7. The molecule has 1 atom stereocenters. The van der Waals surface area contributed by atoms with Gasteiger partial charge >= 0.3 is 0 Å². The van der Waals surface area contributed by atoms with Crippen LogP contribution >= 0.6 is 0 Å². The standard InChI is InChI=1S/C33H34N6O4/c34-31(40)29(17-10-22-36-33(35)37-39(42)43)38(23-24-18-20-26(21-19-24)25-11-4-1-5-12-25)32(41)30(27-13-6-2-7-14-27)28-15-8-3-9-16-28/h1-9,11-16,18-21,29-30H,10,17,22-23H2,(H2,34,40)(H3,35,36,37)/t29-/m1/s1. The van der Waals surface area contributed by atoms with E-state index in [1.165, 1.54) is 0 Å². The molecule has 220 valence electrons. The molecule has 0 unspecified atom stereocenters. The predicted molar refractivity (Wildman–Crippen MR) is 166 cm³/mol. The Bertz CT molecular complexity index is 1490. The lowest BCUT2D eigenvalue weighted by atomic mass is 9.89. The molecule has 0 radical (unpaired) electrons. The number of rotatable bonds is 13. The average molecular weight is 579 g/mol. The van der Waals surface area contributed by atoms with E-state index in [-0.39, 0.29) is 31.4 Å². The van der Waals surface area contributed by atoms with Crippen molar-refractivity contribution in [1.29, 1.82) is 0 Å². The Kier molecular flexibility index (Phi) is 10.6. The summed E-state index contributed by atoms with van der Waals surface area (Å²) < 4.78 is 0. The van der Waals surface area contributed by atoms with E-state index in [9.17, 15) is 19.7 Å². The Morgan fingerprint density at radius 2 is 1.30 bits per heavy atom. The maximum absolute atomic E-state index is 14.5. The van der Waals surface area contributed by atoms with Gasteiger partial charge in [0.15, 0.2) is 5.03 Å². The fourth-order valence-electron chi connectivity index (χ4n) is 4.99. The zero-order valence-corrected chi connectivity index (χ0v) is 23.6. The van der Waals surface area contributed by atoms with E-state index in [1.807, 2.05) is 115 Å². The highest BCUT2D eigenvalue weighted by molar-refractivity contribution is 5.92. The fraction of sp³-hybridized carbons (Fsp3) is 0.182. The smallest absolute Gasteiger partial charge is 0.266 e. The van der Waals surface area contributed by atoms with Gasteiger partial charge in [0.25, 0.3) is 5.96 Å². The van der Waals surface area contributed by atoms with E-state index < -0.39 is 22.9 Å². The first-order valence-corrected chi connectivity index (χ1v) is 13.9. The van der Waals surface area contributed by atoms with E-state index >= 15 is 0 Å². The van der Waals surface area contributed by atoms with Gasteiger partial charge < -0.3 is 21.7 Å². The largest absolute Gasteiger partial charge is 0.368 e. The number of nitrogens with two attached hydrogens (primary N) is 2. The van der Waals surface area contributed by atoms with Crippen LogP contribution in [0.1, 0.15) is 35.4 Å². The van der Waals surface area contributed by atoms with Crippen LogP contribution in [-0.2, 0) is 16.1 Å². The molecule has 43 heavy (non-hydrogen) atoms. The molecule has 0 fully saturated rings. The van der Waals surface area contributed by atoms with Crippen LogP contribution in [0.4, 0.5) is 0 Å². The zero-order valence-electron chi connectivity index (χ0n) is 23.6. The van der Waals surface area contributed by atoms with Crippen LogP contribution in [-0.4, -0.2) is 40.3 Å². The number of guanidine groups is 1. The molecule has 4 aromatic rings. The summed E-state index contributed by atoms with van der Waals surface area (Å²) in [5.41, 5.74) is 16.0. The van der Waals surface area contributed by atoms with E-state index in [1.54, 1.807) is 4.90 Å². The van der Waals surface area contributed by atoms with Crippen molar-refractivity contribution in [2.24, 2.45) is 16.6 Å². The number of hydrogen-bond acceptors (Lipinski definition) is 4. The zero-order chi connectivity index (χ0) is 30.6. The van der Waals surface area contributed by atoms with E-state index in [0.717, 1.165) is 27.8 Å². The highest BCUT2D eigenvalue weighted by atomic mass is 16.7. The molecular weight excluding hydrogens is 544 g/mol. The number of primary amides is 1. The van der Waals surface area contributed by atoms with Crippen molar-refractivity contribution >= 4 is 17.8 Å². The predicted octanol–water partition coefficient (Wildman–Crippen LogP) is 4.24. The lowest BCUT2D eigenvalue weighted by molar-refractivity contribution is -0.485. The van der Waals surface area contributed by atoms with E-state index in [2.05, 4.69) is 10.4 Å². The molecule has 0 saturated carbocycles. The number of carbonyl (C=O) groups excluding carboxylic acids is 2. The van der Waals surface area contributed by atoms with Crippen LogP contribution in [0.3, 0.4) is 0 Å². The van der Waals surface area contributed by atoms with Crippen molar-refractivity contribution in [2.75, 3.05) is 6.54 Å². The van der Waals surface area contributed by atoms with Gasteiger partial charge in [0, 0.05) is 13.1 Å². The summed E-state index contributed by atoms with van der Waals surface area (Å²) in [6.45, 7) is 0.345. The third-order valence-corrected chi connectivity index (χ3v) is 7.06. The van der Waals surface area contributed by atoms with Gasteiger partial charge in [0.05, 0.1) is 5.92 Å². The first-order valence-electron chi connectivity index (χ1n) is 13.9. The molecule has 0 aromatic heterocycles. The second-order valence-electron chi connectivity index (χ2n) is 9.99. The summed E-state index contributed by atoms with van der Waals surface area (Å²) in [5.74, 6) is -1.94. The molecule has 4 rings (SSSR count). The molecular formula is C33H34N6O4. The van der Waals surface area contributed by atoms with Gasteiger partial charge in [-0.25, -0.2) is 10.1 Å². The Hall–Kier alpha value is -5.51. The van der Waals surface area contributed by atoms with Crippen LogP contribution < -0.4 is 16.8 Å². The maximum Gasteiger partial charge on any atom is 0.266 e. The minimum absolute atomic E-state index is 0.149. The van der Waals surface area contributed by atoms with Crippen molar-refractivity contribution in [3.63, 3.8) is 0 Å². The number of benzene rings is 4. The van der Waals surface area contributed by atoms with Gasteiger partial charge in [0.2, 0.25) is 11.8 Å². The molecule has 0 aliphatic heterocycles. The Morgan fingerprint density at radius 3 is 1.81 bits per heavy atom. The molecule has 0 aliphatic carbocycles. The topological polar surface area (TPSA) is 157 Å². The number of nitro groups is 1. The molecule has 4 aromatic carbocycles. The Balaban J connectivity index is 1.66. The third-order valence-electron chi connectivity index (χ3n) is 7.06. The third kappa shape index (κ3) is 8.49. The minimum atomic E-state index is -0.952. The number of carbonyl (C=O) groups is 2. The van der Waals surface area contributed by atoms with Gasteiger partial charge in [-0.1, -0.05) is 115 Å². The van der Waals surface area contributed by atoms with Crippen LogP contribution in [0, 0.1) is 10.1 Å².